The lowest BCUT2D eigenvalue weighted by atomic mass is 9.97. The van der Waals surface area contributed by atoms with Crippen molar-refractivity contribution in [3.05, 3.63) is 35.9 Å². The number of rotatable bonds is 2. The third kappa shape index (κ3) is 2.09. The SMILES string of the molecule is CC1(C)C(=O)NCCN1C(=O)C1CC1c1ccccc1. The van der Waals surface area contributed by atoms with Crippen LogP contribution in [0, 0.1) is 5.92 Å². The van der Waals surface area contributed by atoms with Crippen molar-refractivity contribution in [1.82, 2.24) is 10.2 Å². The minimum Gasteiger partial charge on any atom is -0.352 e. The van der Waals surface area contributed by atoms with Crippen LogP contribution in [0.4, 0.5) is 0 Å². The van der Waals surface area contributed by atoms with E-state index < -0.39 is 5.54 Å². The van der Waals surface area contributed by atoms with Gasteiger partial charge in [-0.15, -0.1) is 0 Å². The standard InChI is InChI=1S/C16H20N2O2/c1-16(2)15(20)17-8-9-18(16)14(19)13-10-12(13)11-6-4-3-5-7-11/h3-7,12-13H,8-10H2,1-2H3,(H,17,20). The molecule has 106 valence electrons. The quantitative estimate of drug-likeness (QED) is 0.887. The summed E-state index contributed by atoms with van der Waals surface area (Å²) in [4.78, 5) is 26.3. The van der Waals surface area contributed by atoms with Crippen molar-refractivity contribution < 1.29 is 9.59 Å². The van der Waals surface area contributed by atoms with Crippen LogP contribution in [0.3, 0.4) is 0 Å². The molecule has 2 fully saturated rings. The Morgan fingerprint density at radius 3 is 2.70 bits per heavy atom. The fourth-order valence-electron chi connectivity index (χ4n) is 3.02. The van der Waals surface area contributed by atoms with Crippen molar-refractivity contribution in [2.24, 2.45) is 5.92 Å². The summed E-state index contributed by atoms with van der Waals surface area (Å²) in [6.07, 6.45) is 0.900. The Labute approximate surface area is 119 Å². The predicted octanol–water partition coefficient (Wildman–Crippen LogP) is 1.53. The summed E-state index contributed by atoms with van der Waals surface area (Å²) in [5.74, 6) is 0.430. The first-order valence-corrected chi connectivity index (χ1v) is 7.16. The molecule has 0 bridgehead atoms. The minimum absolute atomic E-state index is 0.0441. The summed E-state index contributed by atoms with van der Waals surface area (Å²) in [6, 6.07) is 10.2. The number of amides is 2. The van der Waals surface area contributed by atoms with Crippen LogP contribution in [0.5, 0.6) is 0 Å². The Kier molecular flexibility index (Phi) is 3.04. The van der Waals surface area contributed by atoms with E-state index in [1.165, 1.54) is 5.56 Å². The van der Waals surface area contributed by atoms with Crippen LogP contribution in [0.2, 0.25) is 0 Å². The molecule has 0 aromatic heterocycles. The van der Waals surface area contributed by atoms with Gasteiger partial charge in [-0.25, -0.2) is 0 Å². The molecule has 1 aromatic carbocycles. The topological polar surface area (TPSA) is 49.4 Å². The molecule has 20 heavy (non-hydrogen) atoms. The van der Waals surface area contributed by atoms with Gasteiger partial charge in [-0.2, -0.15) is 0 Å². The number of nitrogens with one attached hydrogen (secondary N) is 1. The third-order valence-electron chi connectivity index (χ3n) is 4.45. The first kappa shape index (κ1) is 13.2. The summed E-state index contributed by atoms with van der Waals surface area (Å²) in [6.45, 7) is 4.80. The van der Waals surface area contributed by atoms with Crippen LogP contribution in [0.1, 0.15) is 31.7 Å². The van der Waals surface area contributed by atoms with Crippen LogP contribution in [0.25, 0.3) is 0 Å². The lowest BCUT2D eigenvalue weighted by Crippen LogP contribution is -2.63. The van der Waals surface area contributed by atoms with E-state index in [4.69, 9.17) is 0 Å². The van der Waals surface area contributed by atoms with Gasteiger partial charge in [-0.3, -0.25) is 9.59 Å². The molecule has 2 amide bonds. The zero-order valence-electron chi connectivity index (χ0n) is 11.9. The Hall–Kier alpha value is -1.84. The van der Waals surface area contributed by atoms with Crippen molar-refractivity contribution in [3.8, 4) is 0 Å². The van der Waals surface area contributed by atoms with Crippen molar-refractivity contribution in [3.63, 3.8) is 0 Å². The van der Waals surface area contributed by atoms with Crippen molar-refractivity contribution in [2.45, 2.75) is 31.7 Å². The summed E-state index contributed by atoms with van der Waals surface area (Å²) in [5.41, 5.74) is 0.490. The molecule has 1 saturated heterocycles. The van der Waals surface area contributed by atoms with E-state index in [9.17, 15) is 9.59 Å². The van der Waals surface area contributed by atoms with E-state index in [-0.39, 0.29) is 17.7 Å². The maximum atomic E-state index is 12.7. The Balaban J connectivity index is 1.73. The highest BCUT2D eigenvalue weighted by molar-refractivity contribution is 5.93. The fraction of sp³-hybridized carbons (Fsp3) is 0.500. The molecule has 2 unspecified atom stereocenters. The lowest BCUT2D eigenvalue weighted by Gasteiger charge is -2.41. The van der Waals surface area contributed by atoms with Crippen molar-refractivity contribution in [1.29, 1.82) is 0 Å². The number of nitrogens with zero attached hydrogens (tertiary/aromatic N) is 1. The van der Waals surface area contributed by atoms with Gasteiger partial charge in [0.05, 0.1) is 0 Å². The first-order chi connectivity index (χ1) is 9.51. The molecule has 2 atom stereocenters. The number of carbonyl (C=O) groups is 2. The molecule has 0 radical (unpaired) electrons. The molecule has 4 heteroatoms. The molecule has 1 aliphatic heterocycles. The van der Waals surface area contributed by atoms with E-state index in [2.05, 4.69) is 17.4 Å². The first-order valence-electron chi connectivity index (χ1n) is 7.16. The molecular weight excluding hydrogens is 252 g/mol. The van der Waals surface area contributed by atoms with Crippen LogP contribution < -0.4 is 5.32 Å². The summed E-state index contributed by atoms with van der Waals surface area (Å²) in [5, 5.41) is 2.83. The van der Waals surface area contributed by atoms with E-state index in [0.29, 0.717) is 19.0 Å². The van der Waals surface area contributed by atoms with E-state index in [0.717, 1.165) is 6.42 Å². The van der Waals surface area contributed by atoms with Gasteiger partial charge in [0.25, 0.3) is 0 Å². The largest absolute Gasteiger partial charge is 0.352 e. The summed E-state index contributed by atoms with van der Waals surface area (Å²) < 4.78 is 0. The molecular formula is C16H20N2O2. The molecule has 4 nitrogen and oxygen atoms in total. The summed E-state index contributed by atoms with van der Waals surface area (Å²) >= 11 is 0. The van der Waals surface area contributed by atoms with Gasteiger partial charge in [0.1, 0.15) is 5.54 Å². The van der Waals surface area contributed by atoms with Crippen LogP contribution in [0.15, 0.2) is 30.3 Å². The van der Waals surface area contributed by atoms with Gasteiger partial charge in [-0.05, 0) is 31.7 Å². The van der Waals surface area contributed by atoms with E-state index in [1.54, 1.807) is 4.90 Å². The maximum absolute atomic E-state index is 12.7. The number of carbonyl (C=O) groups excluding carboxylic acids is 2. The third-order valence-corrected chi connectivity index (χ3v) is 4.45. The molecule has 2 aliphatic rings. The average Bonchev–Trinajstić information content (AvgIpc) is 3.22. The van der Waals surface area contributed by atoms with E-state index >= 15 is 0 Å². The van der Waals surface area contributed by atoms with Crippen LogP contribution >= 0.6 is 0 Å². The molecule has 1 saturated carbocycles. The number of piperazine rings is 1. The normalized spacial score (nSPS) is 27.9. The predicted molar refractivity (Wildman–Crippen MR) is 76.1 cm³/mol. The second-order valence-corrected chi connectivity index (χ2v) is 6.16. The van der Waals surface area contributed by atoms with Gasteiger partial charge in [-0.1, -0.05) is 30.3 Å². The number of benzene rings is 1. The van der Waals surface area contributed by atoms with Crippen molar-refractivity contribution >= 4 is 11.8 Å². The van der Waals surface area contributed by atoms with Gasteiger partial charge in [0.2, 0.25) is 11.8 Å². The lowest BCUT2D eigenvalue weighted by molar-refractivity contribution is -0.150. The van der Waals surface area contributed by atoms with Crippen LogP contribution in [-0.2, 0) is 9.59 Å². The molecule has 3 rings (SSSR count). The molecule has 1 aliphatic carbocycles. The molecule has 1 aromatic rings. The number of hydrogen-bond donors (Lipinski definition) is 1. The highest BCUT2D eigenvalue weighted by Crippen LogP contribution is 2.49. The fourth-order valence-corrected chi connectivity index (χ4v) is 3.02. The monoisotopic (exact) mass is 272 g/mol. The van der Waals surface area contributed by atoms with Gasteiger partial charge < -0.3 is 10.2 Å². The van der Waals surface area contributed by atoms with Gasteiger partial charge in [0, 0.05) is 19.0 Å². The average molecular weight is 272 g/mol. The highest BCUT2D eigenvalue weighted by atomic mass is 16.2. The molecule has 1 N–H and O–H groups in total. The molecule has 0 spiro atoms. The van der Waals surface area contributed by atoms with E-state index in [1.807, 2.05) is 32.0 Å². The second kappa shape index (κ2) is 4.62. The Bertz CT molecular complexity index is 539. The van der Waals surface area contributed by atoms with Gasteiger partial charge in [0.15, 0.2) is 0 Å². The number of hydrogen-bond acceptors (Lipinski definition) is 2. The zero-order chi connectivity index (χ0) is 14.3. The Morgan fingerprint density at radius 2 is 2.00 bits per heavy atom. The smallest absolute Gasteiger partial charge is 0.245 e. The highest BCUT2D eigenvalue weighted by Gasteiger charge is 2.50. The molecule has 1 heterocycles. The van der Waals surface area contributed by atoms with Gasteiger partial charge >= 0.3 is 0 Å². The minimum atomic E-state index is -0.737. The van der Waals surface area contributed by atoms with Crippen LogP contribution in [-0.4, -0.2) is 35.3 Å². The second-order valence-electron chi connectivity index (χ2n) is 6.16. The zero-order valence-corrected chi connectivity index (χ0v) is 11.9. The maximum Gasteiger partial charge on any atom is 0.245 e. The summed E-state index contributed by atoms with van der Waals surface area (Å²) in [7, 11) is 0. The Morgan fingerprint density at radius 1 is 1.30 bits per heavy atom. The van der Waals surface area contributed by atoms with Crippen molar-refractivity contribution in [2.75, 3.05) is 13.1 Å².